The zero-order valence-electron chi connectivity index (χ0n) is 19.7. The molecule has 0 saturated carbocycles. The first kappa shape index (κ1) is 21.5. The van der Waals surface area contributed by atoms with Gasteiger partial charge in [-0.15, -0.1) is 0 Å². The molecule has 0 spiro atoms. The zero-order valence-corrected chi connectivity index (χ0v) is 19.7. The van der Waals surface area contributed by atoms with Crippen LogP contribution < -0.4 is 0 Å². The Kier molecular flexibility index (Phi) is 5.78. The van der Waals surface area contributed by atoms with Gasteiger partial charge in [-0.3, -0.25) is 0 Å². The van der Waals surface area contributed by atoms with Crippen LogP contribution in [0, 0.1) is 23.7 Å². The first-order valence-corrected chi connectivity index (χ1v) is 12.0. The Bertz CT molecular complexity index is 1680. The van der Waals surface area contributed by atoms with Crippen molar-refractivity contribution in [3.05, 3.63) is 145 Å². The van der Waals surface area contributed by atoms with Gasteiger partial charge in [0, 0.05) is 11.1 Å². The van der Waals surface area contributed by atoms with Crippen LogP contribution >= 0.6 is 0 Å². The van der Waals surface area contributed by atoms with Crippen LogP contribution in [0.1, 0.15) is 11.1 Å². The Morgan fingerprint density at radius 1 is 0.306 bits per heavy atom. The van der Waals surface area contributed by atoms with Gasteiger partial charge in [0.25, 0.3) is 0 Å². The fourth-order valence-corrected chi connectivity index (χ4v) is 4.44. The van der Waals surface area contributed by atoms with Crippen LogP contribution in [0.2, 0.25) is 0 Å². The SMILES string of the molecule is C(C#Cc1ccc(-c2ccc3ccccc3c2)cc1)#Cc1ccc(-c2ccc3ccccc3c2)cc1. The van der Waals surface area contributed by atoms with Crippen molar-refractivity contribution < 1.29 is 0 Å². The second-order valence-electron chi connectivity index (χ2n) is 8.78. The van der Waals surface area contributed by atoms with E-state index >= 15 is 0 Å². The molecule has 36 heavy (non-hydrogen) atoms. The van der Waals surface area contributed by atoms with E-state index in [4.69, 9.17) is 0 Å². The first-order chi connectivity index (χ1) is 17.8. The van der Waals surface area contributed by atoms with Gasteiger partial charge in [0.2, 0.25) is 0 Å². The third kappa shape index (κ3) is 4.63. The quantitative estimate of drug-likeness (QED) is 0.229. The minimum atomic E-state index is 0.959. The summed E-state index contributed by atoms with van der Waals surface area (Å²) in [7, 11) is 0. The maximum absolute atomic E-state index is 3.15. The molecule has 6 aromatic carbocycles. The lowest BCUT2D eigenvalue weighted by atomic mass is 10.0. The molecule has 6 rings (SSSR count). The van der Waals surface area contributed by atoms with Crippen LogP contribution in [0.3, 0.4) is 0 Å². The molecule has 0 fully saturated rings. The van der Waals surface area contributed by atoms with E-state index in [9.17, 15) is 0 Å². The lowest BCUT2D eigenvalue weighted by Crippen LogP contribution is -1.81. The normalized spacial score (nSPS) is 10.3. The number of benzene rings is 6. The molecular weight excluding hydrogens is 432 g/mol. The molecule has 0 unspecified atom stereocenters. The Morgan fingerprint density at radius 3 is 1.08 bits per heavy atom. The van der Waals surface area contributed by atoms with Crippen LogP contribution in [0.15, 0.2) is 133 Å². The maximum atomic E-state index is 3.15. The highest BCUT2D eigenvalue weighted by Crippen LogP contribution is 2.26. The van der Waals surface area contributed by atoms with Crippen molar-refractivity contribution in [2.45, 2.75) is 0 Å². The lowest BCUT2D eigenvalue weighted by Gasteiger charge is -2.04. The van der Waals surface area contributed by atoms with Crippen molar-refractivity contribution in [1.82, 2.24) is 0 Å². The van der Waals surface area contributed by atoms with Crippen molar-refractivity contribution in [2.75, 3.05) is 0 Å². The Morgan fingerprint density at radius 2 is 0.667 bits per heavy atom. The minimum Gasteiger partial charge on any atom is -0.0616 e. The monoisotopic (exact) mass is 454 g/mol. The van der Waals surface area contributed by atoms with Crippen LogP contribution in [0.4, 0.5) is 0 Å². The molecule has 0 aliphatic heterocycles. The first-order valence-electron chi connectivity index (χ1n) is 12.0. The topological polar surface area (TPSA) is 0 Å². The summed E-state index contributed by atoms with van der Waals surface area (Å²) in [6.07, 6.45) is 0. The van der Waals surface area contributed by atoms with Gasteiger partial charge in [-0.05, 0) is 92.0 Å². The fraction of sp³-hybridized carbons (Fsp3) is 0. The van der Waals surface area contributed by atoms with E-state index in [2.05, 4.69) is 157 Å². The van der Waals surface area contributed by atoms with Crippen LogP contribution in [0.25, 0.3) is 43.8 Å². The standard InChI is InChI=1S/C36H22/c1(7-27-13-17-31(18-14-27)35-23-21-29-9-3-5-11-33(29)25-35)2-8-28-15-19-32(20-16-28)36-24-22-30-10-4-6-12-34(30)26-36/h3-6,9-26H. The average molecular weight is 455 g/mol. The number of hydrogen-bond acceptors (Lipinski definition) is 0. The summed E-state index contributed by atoms with van der Waals surface area (Å²) in [5.74, 6) is 12.3. The van der Waals surface area contributed by atoms with E-state index in [1.807, 2.05) is 0 Å². The fourth-order valence-electron chi connectivity index (χ4n) is 4.44. The van der Waals surface area contributed by atoms with E-state index in [0.29, 0.717) is 0 Å². The van der Waals surface area contributed by atoms with Crippen molar-refractivity contribution in [3.63, 3.8) is 0 Å². The number of fused-ring (bicyclic) bond motifs is 2. The van der Waals surface area contributed by atoms with Gasteiger partial charge in [-0.1, -0.05) is 109 Å². The van der Waals surface area contributed by atoms with E-state index in [1.54, 1.807) is 0 Å². The summed E-state index contributed by atoms with van der Waals surface area (Å²) in [5, 5.41) is 5.01. The maximum Gasteiger partial charge on any atom is 0.0255 e. The van der Waals surface area contributed by atoms with Gasteiger partial charge >= 0.3 is 0 Å². The van der Waals surface area contributed by atoms with E-state index < -0.39 is 0 Å². The largest absolute Gasteiger partial charge is 0.0616 e. The molecule has 0 saturated heterocycles. The predicted molar refractivity (Wildman–Crippen MR) is 153 cm³/mol. The molecule has 0 atom stereocenters. The highest BCUT2D eigenvalue weighted by atomic mass is 14.0. The van der Waals surface area contributed by atoms with E-state index in [1.165, 1.54) is 43.8 Å². The summed E-state index contributed by atoms with van der Waals surface area (Å²) >= 11 is 0. The molecule has 0 aliphatic carbocycles. The smallest absolute Gasteiger partial charge is 0.0255 e. The second-order valence-corrected chi connectivity index (χ2v) is 8.78. The van der Waals surface area contributed by atoms with Gasteiger partial charge < -0.3 is 0 Å². The van der Waals surface area contributed by atoms with Gasteiger partial charge in [-0.2, -0.15) is 0 Å². The molecule has 0 heteroatoms. The summed E-state index contributed by atoms with van der Waals surface area (Å²) in [5.41, 5.74) is 6.70. The van der Waals surface area contributed by atoms with E-state index in [-0.39, 0.29) is 0 Å². The summed E-state index contributed by atoms with van der Waals surface area (Å²) in [6, 6.07) is 46.7. The molecule has 0 bridgehead atoms. The second kappa shape index (κ2) is 9.68. The van der Waals surface area contributed by atoms with Crippen molar-refractivity contribution >= 4 is 21.5 Å². The summed E-state index contributed by atoms with van der Waals surface area (Å²) < 4.78 is 0. The van der Waals surface area contributed by atoms with Gasteiger partial charge in [0.1, 0.15) is 0 Å². The zero-order chi connectivity index (χ0) is 24.2. The molecule has 0 amide bonds. The van der Waals surface area contributed by atoms with Crippen molar-refractivity contribution in [2.24, 2.45) is 0 Å². The summed E-state index contributed by atoms with van der Waals surface area (Å²) in [6.45, 7) is 0. The third-order valence-electron chi connectivity index (χ3n) is 6.41. The molecule has 0 heterocycles. The average Bonchev–Trinajstić information content (AvgIpc) is 2.95. The summed E-state index contributed by atoms with van der Waals surface area (Å²) in [4.78, 5) is 0. The van der Waals surface area contributed by atoms with E-state index in [0.717, 1.165) is 11.1 Å². The van der Waals surface area contributed by atoms with Crippen LogP contribution in [-0.4, -0.2) is 0 Å². The molecular formula is C36H22. The Balaban J connectivity index is 1.15. The minimum absolute atomic E-state index is 0.959. The van der Waals surface area contributed by atoms with Crippen LogP contribution in [0.5, 0.6) is 0 Å². The van der Waals surface area contributed by atoms with Gasteiger partial charge in [0.05, 0.1) is 0 Å². The van der Waals surface area contributed by atoms with Crippen molar-refractivity contribution in [1.29, 1.82) is 0 Å². The van der Waals surface area contributed by atoms with Crippen molar-refractivity contribution in [3.8, 4) is 45.9 Å². The highest BCUT2D eigenvalue weighted by molar-refractivity contribution is 5.88. The molecule has 0 aliphatic rings. The third-order valence-corrected chi connectivity index (χ3v) is 6.41. The number of rotatable bonds is 2. The van der Waals surface area contributed by atoms with Gasteiger partial charge in [0.15, 0.2) is 0 Å². The predicted octanol–water partition coefficient (Wildman–Crippen LogP) is 8.73. The van der Waals surface area contributed by atoms with Crippen LogP contribution in [-0.2, 0) is 0 Å². The molecule has 0 radical (unpaired) electrons. The molecule has 166 valence electrons. The highest BCUT2D eigenvalue weighted by Gasteiger charge is 2.01. The Labute approximate surface area is 211 Å². The molecule has 0 aromatic heterocycles. The Hall–Kier alpha value is -5.04. The molecule has 0 N–H and O–H groups in total. The lowest BCUT2D eigenvalue weighted by molar-refractivity contribution is 1.61. The molecule has 0 nitrogen and oxygen atoms in total. The molecule has 6 aromatic rings. The van der Waals surface area contributed by atoms with Gasteiger partial charge in [-0.25, -0.2) is 0 Å². The number of hydrogen-bond donors (Lipinski definition) is 0.